The number of thiophene rings is 1. The molecule has 1 aromatic carbocycles. The average Bonchev–Trinajstić information content (AvgIpc) is 3.16. The van der Waals surface area contributed by atoms with Gasteiger partial charge in [-0.05, 0) is 53.9 Å². The Hall–Kier alpha value is -2.24. The second-order valence-electron chi connectivity index (χ2n) is 6.57. The number of likely N-dealkylation sites (tertiary alicyclic amines) is 1. The summed E-state index contributed by atoms with van der Waals surface area (Å²) in [4.78, 5) is 19.3. The molecule has 2 unspecified atom stereocenters. The molecule has 3 heterocycles. The van der Waals surface area contributed by atoms with Gasteiger partial charge in [-0.3, -0.25) is 14.7 Å². The monoisotopic (exact) mass is 352 g/mol. The molecule has 1 aliphatic rings. The zero-order valence-corrected chi connectivity index (χ0v) is 14.7. The number of hydrogen-bond acceptors (Lipinski definition) is 4. The van der Waals surface area contributed by atoms with Gasteiger partial charge in [0.25, 0.3) is 0 Å². The van der Waals surface area contributed by atoms with Crippen LogP contribution in [0.3, 0.4) is 0 Å². The van der Waals surface area contributed by atoms with Crippen LogP contribution in [0, 0.1) is 5.92 Å². The van der Waals surface area contributed by atoms with Crippen molar-refractivity contribution >= 4 is 28.1 Å². The Bertz CT molecular complexity index is 878. The molecule has 2 aromatic heterocycles. The third-order valence-electron chi connectivity index (χ3n) is 4.96. The van der Waals surface area contributed by atoms with Crippen molar-refractivity contribution in [2.45, 2.75) is 18.9 Å². The van der Waals surface area contributed by atoms with Gasteiger partial charge in [0, 0.05) is 29.2 Å². The predicted octanol–water partition coefficient (Wildman–Crippen LogP) is 4.18. The molecule has 0 aliphatic carbocycles. The van der Waals surface area contributed by atoms with Gasteiger partial charge in [0.15, 0.2) is 0 Å². The first-order valence-corrected chi connectivity index (χ1v) is 9.44. The van der Waals surface area contributed by atoms with Crippen molar-refractivity contribution in [3.05, 3.63) is 64.6 Å². The summed E-state index contributed by atoms with van der Waals surface area (Å²) in [5.41, 5.74) is 1.21. The smallest absolute Gasteiger partial charge is 0.307 e. The molecule has 2 atom stereocenters. The SMILES string of the molecule is O=C(O)C1CCCN(C(c2ccc3cnccc3c2)c2cccs2)C1. The largest absolute Gasteiger partial charge is 0.481 e. The molecule has 0 radical (unpaired) electrons. The third-order valence-corrected chi connectivity index (χ3v) is 5.88. The highest BCUT2D eigenvalue weighted by atomic mass is 32.1. The number of aliphatic carboxylic acids is 1. The van der Waals surface area contributed by atoms with Gasteiger partial charge in [0.1, 0.15) is 0 Å². The maximum atomic E-state index is 11.5. The van der Waals surface area contributed by atoms with Gasteiger partial charge in [0.2, 0.25) is 0 Å². The quantitative estimate of drug-likeness (QED) is 0.765. The van der Waals surface area contributed by atoms with Gasteiger partial charge in [-0.1, -0.05) is 18.2 Å². The zero-order valence-electron chi connectivity index (χ0n) is 13.8. The van der Waals surface area contributed by atoms with Gasteiger partial charge in [-0.2, -0.15) is 0 Å². The Kier molecular flexibility index (Phi) is 4.51. The first-order valence-electron chi connectivity index (χ1n) is 8.56. The number of carboxylic acid groups (broad SMARTS) is 1. The van der Waals surface area contributed by atoms with E-state index in [1.54, 1.807) is 11.3 Å². The van der Waals surface area contributed by atoms with Gasteiger partial charge in [-0.25, -0.2) is 0 Å². The summed E-state index contributed by atoms with van der Waals surface area (Å²) in [6.45, 7) is 1.53. The van der Waals surface area contributed by atoms with Gasteiger partial charge < -0.3 is 5.11 Å². The highest BCUT2D eigenvalue weighted by Gasteiger charge is 2.31. The third kappa shape index (κ3) is 3.30. The molecular weight excluding hydrogens is 332 g/mol. The minimum atomic E-state index is -0.681. The zero-order chi connectivity index (χ0) is 17.2. The van der Waals surface area contributed by atoms with Crippen LogP contribution in [-0.2, 0) is 4.79 Å². The maximum Gasteiger partial charge on any atom is 0.307 e. The second-order valence-corrected chi connectivity index (χ2v) is 7.55. The summed E-state index contributed by atoms with van der Waals surface area (Å²) in [6.07, 6.45) is 5.39. The van der Waals surface area contributed by atoms with E-state index >= 15 is 0 Å². The van der Waals surface area contributed by atoms with E-state index in [2.05, 4.69) is 45.6 Å². The summed E-state index contributed by atoms with van der Waals surface area (Å²) in [5.74, 6) is -0.958. The highest BCUT2D eigenvalue weighted by molar-refractivity contribution is 7.10. The molecular formula is C20H20N2O2S. The molecule has 128 valence electrons. The van der Waals surface area contributed by atoms with E-state index in [-0.39, 0.29) is 12.0 Å². The molecule has 1 aliphatic heterocycles. The van der Waals surface area contributed by atoms with Crippen LogP contribution >= 0.6 is 11.3 Å². The molecule has 0 spiro atoms. The lowest BCUT2D eigenvalue weighted by molar-refractivity contribution is -0.143. The molecule has 4 nitrogen and oxygen atoms in total. The summed E-state index contributed by atoms with van der Waals surface area (Å²) in [7, 11) is 0. The minimum Gasteiger partial charge on any atom is -0.481 e. The van der Waals surface area contributed by atoms with Crippen LogP contribution in [0.5, 0.6) is 0 Å². The van der Waals surface area contributed by atoms with E-state index in [0.717, 1.165) is 24.8 Å². The number of piperidine rings is 1. The van der Waals surface area contributed by atoms with Crippen molar-refractivity contribution in [1.29, 1.82) is 0 Å². The fraction of sp³-hybridized carbons (Fsp3) is 0.300. The van der Waals surface area contributed by atoms with E-state index in [1.807, 2.05) is 18.5 Å². The van der Waals surface area contributed by atoms with Crippen LogP contribution in [0.4, 0.5) is 0 Å². The molecule has 4 rings (SSSR count). The fourth-order valence-electron chi connectivity index (χ4n) is 3.72. The van der Waals surface area contributed by atoms with Crippen LogP contribution in [-0.4, -0.2) is 34.0 Å². The number of fused-ring (bicyclic) bond motifs is 1. The van der Waals surface area contributed by atoms with E-state index < -0.39 is 5.97 Å². The number of nitrogens with zero attached hydrogens (tertiary/aromatic N) is 2. The number of pyridine rings is 1. The Balaban J connectivity index is 1.74. The lowest BCUT2D eigenvalue weighted by Crippen LogP contribution is -2.41. The maximum absolute atomic E-state index is 11.5. The van der Waals surface area contributed by atoms with E-state index in [4.69, 9.17) is 0 Å². The van der Waals surface area contributed by atoms with E-state index in [0.29, 0.717) is 6.54 Å². The minimum absolute atomic E-state index is 0.111. The van der Waals surface area contributed by atoms with Crippen LogP contribution in [0.1, 0.15) is 29.3 Å². The molecule has 1 saturated heterocycles. The Labute approximate surface area is 150 Å². The Morgan fingerprint density at radius 2 is 2.20 bits per heavy atom. The molecule has 0 bridgehead atoms. The Morgan fingerprint density at radius 3 is 3.00 bits per heavy atom. The van der Waals surface area contributed by atoms with E-state index in [1.165, 1.54) is 15.8 Å². The van der Waals surface area contributed by atoms with Gasteiger partial charge >= 0.3 is 5.97 Å². The van der Waals surface area contributed by atoms with E-state index in [9.17, 15) is 9.90 Å². The lowest BCUT2D eigenvalue weighted by atomic mass is 9.93. The van der Waals surface area contributed by atoms with Crippen LogP contribution < -0.4 is 0 Å². The molecule has 3 aromatic rings. The first kappa shape index (κ1) is 16.2. The molecule has 25 heavy (non-hydrogen) atoms. The number of carboxylic acids is 1. The Morgan fingerprint density at radius 1 is 1.28 bits per heavy atom. The average molecular weight is 352 g/mol. The number of benzene rings is 1. The standard InChI is InChI=1S/C20H20N2O2S/c23-20(24)17-3-1-9-22(13-17)19(18-4-2-10-25-18)15-5-6-16-12-21-8-7-14(16)11-15/h2,4-8,10-12,17,19H,1,3,9,13H2,(H,23,24). The first-order chi connectivity index (χ1) is 12.2. The number of rotatable bonds is 4. The highest BCUT2D eigenvalue weighted by Crippen LogP contribution is 2.36. The van der Waals surface area contributed by atoms with Crippen molar-refractivity contribution in [3.8, 4) is 0 Å². The molecule has 1 fully saturated rings. The molecule has 1 N–H and O–H groups in total. The summed E-state index contributed by atoms with van der Waals surface area (Å²) >= 11 is 1.73. The van der Waals surface area contributed by atoms with Gasteiger partial charge in [0.05, 0.1) is 12.0 Å². The van der Waals surface area contributed by atoms with Crippen molar-refractivity contribution in [3.63, 3.8) is 0 Å². The van der Waals surface area contributed by atoms with Crippen molar-refractivity contribution in [1.82, 2.24) is 9.88 Å². The predicted molar refractivity (Wildman–Crippen MR) is 99.8 cm³/mol. The normalized spacial score (nSPS) is 19.8. The van der Waals surface area contributed by atoms with Crippen LogP contribution in [0.25, 0.3) is 10.8 Å². The summed E-state index contributed by atoms with van der Waals surface area (Å²) < 4.78 is 0. The lowest BCUT2D eigenvalue weighted by Gasteiger charge is -2.37. The molecule has 0 saturated carbocycles. The number of hydrogen-bond donors (Lipinski definition) is 1. The summed E-state index contributed by atoms with van der Waals surface area (Å²) in [6, 6.07) is 12.8. The number of aromatic nitrogens is 1. The topological polar surface area (TPSA) is 53.4 Å². The second kappa shape index (κ2) is 6.94. The van der Waals surface area contributed by atoms with Crippen LogP contribution in [0.2, 0.25) is 0 Å². The van der Waals surface area contributed by atoms with Gasteiger partial charge in [-0.15, -0.1) is 11.3 Å². The van der Waals surface area contributed by atoms with Crippen molar-refractivity contribution in [2.24, 2.45) is 5.92 Å². The molecule has 5 heteroatoms. The fourth-order valence-corrected chi connectivity index (χ4v) is 4.60. The number of carbonyl (C=O) groups is 1. The summed E-state index contributed by atoms with van der Waals surface area (Å²) in [5, 5.41) is 13.8. The molecule has 0 amide bonds. The van der Waals surface area contributed by atoms with Crippen molar-refractivity contribution in [2.75, 3.05) is 13.1 Å². The van der Waals surface area contributed by atoms with Crippen molar-refractivity contribution < 1.29 is 9.90 Å². The van der Waals surface area contributed by atoms with Crippen LogP contribution in [0.15, 0.2) is 54.2 Å².